The number of hydrogen-bond acceptors (Lipinski definition) is 2. The lowest BCUT2D eigenvalue weighted by Crippen LogP contribution is -2.51. The molecule has 1 fully saturated rings. The van der Waals surface area contributed by atoms with Gasteiger partial charge in [-0.25, -0.2) is 0 Å². The van der Waals surface area contributed by atoms with Crippen LogP contribution in [-0.4, -0.2) is 47.8 Å². The second kappa shape index (κ2) is 9.05. The maximum atomic E-state index is 12.9. The summed E-state index contributed by atoms with van der Waals surface area (Å²) in [5, 5.41) is 0. The highest BCUT2D eigenvalue weighted by atomic mass is 16.2. The molecule has 0 radical (unpaired) electrons. The van der Waals surface area contributed by atoms with E-state index in [1.165, 1.54) is 5.56 Å². The van der Waals surface area contributed by atoms with E-state index in [4.69, 9.17) is 0 Å². The quantitative estimate of drug-likeness (QED) is 0.790. The number of amides is 2. The van der Waals surface area contributed by atoms with Crippen molar-refractivity contribution in [3.05, 3.63) is 71.3 Å². The Morgan fingerprint density at radius 2 is 1.39 bits per heavy atom. The van der Waals surface area contributed by atoms with Crippen LogP contribution in [0.25, 0.3) is 0 Å². The zero-order valence-corrected chi connectivity index (χ0v) is 17.1. The van der Waals surface area contributed by atoms with Crippen LogP contribution in [0, 0.1) is 5.92 Å². The van der Waals surface area contributed by atoms with Crippen LogP contribution in [0.15, 0.2) is 54.6 Å². The molecule has 4 heteroatoms. The summed E-state index contributed by atoms with van der Waals surface area (Å²) in [5.41, 5.74) is 3.07. The summed E-state index contributed by atoms with van der Waals surface area (Å²) in [5.74, 6) is 0.647. The first-order valence-corrected chi connectivity index (χ1v) is 10.2. The summed E-state index contributed by atoms with van der Waals surface area (Å²) in [6, 6.07) is 17.8. The van der Waals surface area contributed by atoms with Crippen molar-refractivity contribution >= 4 is 11.8 Å². The summed E-state index contributed by atoms with van der Waals surface area (Å²) < 4.78 is 0. The molecule has 0 bridgehead atoms. The van der Waals surface area contributed by atoms with Crippen LogP contribution in [0.4, 0.5) is 0 Å². The van der Waals surface area contributed by atoms with Gasteiger partial charge in [0.15, 0.2) is 0 Å². The Labute approximate surface area is 168 Å². The second-order valence-electron chi connectivity index (χ2n) is 8.04. The first kappa shape index (κ1) is 20.1. The van der Waals surface area contributed by atoms with Gasteiger partial charge in [-0.05, 0) is 42.5 Å². The maximum absolute atomic E-state index is 12.9. The van der Waals surface area contributed by atoms with Gasteiger partial charge in [-0.3, -0.25) is 9.59 Å². The molecule has 0 aliphatic carbocycles. The molecule has 1 saturated heterocycles. The van der Waals surface area contributed by atoms with E-state index in [0.717, 1.165) is 12.0 Å². The van der Waals surface area contributed by atoms with Crippen LogP contribution in [0.5, 0.6) is 0 Å². The van der Waals surface area contributed by atoms with Crippen LogP contribution >= 0.6 is 0 Å². The minimum atomic E-state index is -0.163. The van der Waals surface area contributed by atoms with Crippen LogP contribution in [0.2, 0.25) is 0 Å². The Balaban J connectivity index is 1.56. The smallest absolute Gasteiger partial charge is 0.253 e. The van der Waals surface area contributed by atoms with Crippen molar-refractivity contribution in [3.63, 3.8) is 0 Å². The van der Waals surface area contributed by atoms with Crippen molar-refractivity contribution in [1.29, 1.82) is 0 Å². The van der Waals surface area contributed by atoms with Gasteiger partial charge in [-0.1, -0.05) is 56.3 Å². The zero-order chi connectivity index (χ0) is 20.1. The van der Waals surface area contributed by atoms with Crippen molar-refractivity contribution in [3.8, 4) is 0 Å². The molecule has 0 N–H and O–H groups in total. The first-order chi connectivity index (χ1) is 13.5. The van der Waals surface area contributed by atoms with E-state index in [9.17, 15) is 9.59 Å². The number of rotatable bonds is 5. The number of carbonyl (C=O) groups is 2. The molecule has 0 spiro atoms. The van der Waals surface area contributed by atoms with Crippen molar-refractivity contribution < 1.29 is 9.59 Å². The number of nitrogens with zero attached hydrogens (tertiary/aromatic N) is 2. The first-order valence-electron chi connectivity index (χ1n) is 10.2. The summed E-state index contributed by atoms with van der Waals surface area (Å²) in [4.78, 5) is 29.2. The third-order valence-corrected chi connectivity index (χ3v) is 5.39. The second-order valence-corrected chi connectivity index (χ2v) is 8.04. The van der Waals surface area contributed by atoms with Crippen molar-refractivity contribution in [2.75, 3.05) is 26.2 Å². The largest absolute Gasteiger partial charge is 0.339 e. The van der Waals surface area contributed by atoms with E-state index in [1.54, 1.807) is 0 Å². The Morgan fingerprint density at radius 1 is 0.821 bits per heavy atom. The van der Waals surface area contributed by atoms with Crippen molar-refractivity contribution in [1.82, 2.24) is 9.80 Å². The van der Waals surface area contributed by atoms with E-state index in [1.807, 2.05) is 47.1 Å². The molecule has 4 nitrogen and oxygen atoms in total. The molecule has 148 valence electrons. The molecule has 2 aromatic carbocycles. The van der Waals surface area contributed by atoms with E-state index in [-0.39, 0.29) is 17.7 Å². The third kappa shape index (κ3) is 4.80. The highest BCUT2D eigenvalue weighted by Crippen LogP contribution is 2.21. The highest BCUT2D eigenvalue weighted by molar-refractivity contribution is 5.94. The summed E-state index contributed by atoms with van der Waals surface area (Å²) in [6.45, 7) is 8.74. The van der Waals surface area contributed by atoms with Crippen LogP contribution in [0.1, 0.15) is 48.2 Å². The Bertz CT molecular complexity index is 791. The third-order valence-electron chi connectivity index (χ3n) is 5.39. The highest BCUT2D eigenvalue weighted by Gasteiger charge is 2.27. The zero-order valence-electron chi connectivity index (χ0n) is 17.1. The predicted octanol–water partition coefficient (Wildman–Crippen LogP) is 3.97. The molecule has 2 aromatic rings. The number of carbonyl (C=O) groups excluding carboxylic acids is 2. The van der Waals surface area contributed by atoms with Crippen LogP contribution in [-0.2, 0) is 11.2 Å². The fourth-order valence-electron chi connectivity index (χ4n) is 3.72. The lowest BCUT2D eigenvalue weighted by molar-refractivity contribution is -0.133. The van der Waals surface area contributed by atoms with Gasteiger partial charge in [0.05, 0.1) is 5.92 Å². The molecule has 1 atom stereocenters. The standard InChI is InChI=1S/C24H30N2O2/c1-18(2)17-20-9-11-21(12-10-20)19(3)23(27)25-13-15-26(16-14-25)24(28)22-7-5-4-6-8-22/h4-12,18-19H,13-17H2,1-3H3. The molecular formula is C24H30N2O2. The topological polar surface area (TPSA) is 40.6 Å². The minimum Gasteiger partial charge on any atom is -0.339 e. The monoisotopic (exact) mass is 378 g/mol. The van der Waals surface area contributed by atoms with Crippen LogP contribution in [0.3, 0.4) is 0 Å². The number of benzene rings is 2. The lowest BCUT2D eigenvalue weighted by Gasteiger charge is -2.36. The summed E-state index contributed by atoms with van der Waals surface area (Å²) >= 11 is 0. The van der Waals surface area contributed by atoms with Gasteiger partial charge in [-0.2, -0.15) is 0 Å². The fraction of sp³-hybridized carbons (Fsp3) is 0.417. The molecule has 1 aliphatic heterocycles. The predicted molar refractivity (Wildman–Crippen MR) is 112 cm³/mol. The van der Waals surface area contributed by atoms with Gasteiger partial charge in [0.2, 0.25) is 5.91 Å². The number of hydrogen-bond donors (Lipinski definition) is 0. The van der Waals surface area contributed by atoms with Gasteiger partial charge in [0.25, 0.3) is 5.91 Å². The average molecular weight is 379 g/mol. The van der Waals surface area contributed by atoms with Crippen molar-refractivity contribution in [2.24, 2.45) is 5.92 Å². The molecular weight excluding hydrogens is 348 g/mol. The van der Waals surface area contributed by atoms with E-state index >= 15 is 0 Å². The Morgan fingerprint density at radius 3 is 1.96 bits per heavy atom. The molecule has 1 unspecified atom stereocenters. The van der Waals surface area contributed by atoms with Gasteiger partial charge in [0, 0.05) is 31.7 Å². The number of piperazine rings is 1. The van der Waals surface area contributed by atoms with E-state index < -0.39 is 0 Å². The van der Waals surface area contributed by atoms with Gasteiger partial charge < -0.3 is 9.80 Å². The Kier molecular flexibility index (Phi) is 6.50. The van der Waals surface area contributed by atoms with Gasteiger partial charge >= 0.3 is 0 Å². The van der Waals surface area contributed by atoms with Crippen LogP contribution < -0.4 is 0 Å². The lowest BCUT2D eigenvalue weighted by atomic mass is 9.95. The summed E-state index contributed by atoms with van der Waals surface area (Å²) in [6.07, 6.45) is 1.06. The fourth-order valence-corrected chi connectivity index (χ4v) is 3.72. The molecule has 0 saturated carbocycles. The van der Waals surface area contributed by atoms with E-state index in [0.29, 0.717) is 37.7 Å². The van der Waals surface area contributed by atoms with Crippen molar-refractivity contribution in [2.45, 2.75) is 33.1 Å². The molecule has 1 heterocycles. The summed E-state index contributed by atoms with van der Waals surface area (Å²) in [7, 11) is 0. The maximum Gasteiger partial charge on any atom is 0.253 e. The average Bonchev–Trinajstić information content (AvgIpc) is 2.73. The molecule has 1 aliphatic rings. The molecule has 0 aromatic heterocycles. The molecule has 3 rings (SSSR count). The molecule has 28 heavy (non-hydrogen) atoms. The normalized spacial score (nSPS) is 15.6. The SMILES string of the molecule is CC(C)Cc1ccc(C(C)C(=O)N2CCN(C(=O)c3ccccc3)CC2)cc1. The minimum absolute atomic E-state index is 0.0430. The van der Waals surface area contributed by atoms with Gasteiger partial charge in [-0.15, -0.1) is 0 Å². The van der Waals surface area contributed by atoms with Gasteiger partial charge in [0.1, 0.15) is 0 Å². The van der Waals surface area contributed by atoms with E-state index in [2.05, 4.69) is 38.1 Å². The molecule has 2 amide bonds. The Hall–Kier alpha value is -2.62.